The summed E-state index contributed by atoms with van der Waals surface area (Å²) in [5, 5.41) is 8.71. The van der Waals surface area contributed by atoms with Gasteiger partial charge in [0.1, 0.15) is 0 Å². The first kappa shape index (κ1) is 16.7. The van der Waals surface area contributed by atoms with Gasteiger partial charge in [0.2, 0.25) is 0 Å². The first-order valence-corrected chi connectivity index (χ1v) is 9.29. The minimum atomic E-state index is -4.73. The highest BCUT2D eigenvalue weighted by atomic mass is 28.4. The molecule has 0 saturated carbocycles. The molecule has 0 amide bonds. The molecule has 0 N–H and O–H groups in total. The maximum atomic E-state index is 13.5. The molecule has 0 radical (unpaired) electrons. The number of nitriles is 1. The second-order valence-corrected chi connectivity index (χ2v) is 9.65. The summed E-state index contributed by atoms with van der Waals surface area (Å²) < 4.78 is 50.5. The molecule has 0 spiro atoms. The van der Waals surface area contributed by atoms with Crippen LogP contribution < -0.4 is 0 Å². The van der Waals surface area contributed by atoms with Crippen molar-refractivity contribution in [3.63, 3.8) is 0 Å². The lowest BCUT2D eigenvalue weighted by Crippen LogP contribution is -2.52. The Bertz CT molecular complexity index is 502. The zero-order valence-corrected chi connectivity index (χ0v) is 12.7. The fraction of sp³-hybridized carbons (Fsp3) is 0.462. The van der Waals surface area contributed by atoms with Crippen LogP contribution in [-0.4, -0.2) is 21.6 Å². The van der Waals surface area contributed by atoms with Gasteiger partial charge in [0.05, 0.1) is 11.6 Å². The van der Waals surface area contributed by atoms with Crippen molar-refractivity contribution in [1.82, 2.24) is 0 Å². The number of halogens is 3. The van der Waals surface area contributed by atoms with Crippen molar-refractivity contribution in [2.24, 2.45) is 0 Å². The summed E-state index contributed by atoms with van der Waals surface area (Å²) in [5.41, 5.74) is 0.0999. The molecule has 1 unspecified atom stereocenters. The second kappa shape index (κ2) is 5.56. The van der Waals surface area contributed by atoms with Gasteiger partial charge in [0.25, 0.3) is 5.79 Å². The van der Waals surface area contributed by atoms with Gasteiger partial charge in [-0.3, -0.25) is 0 Å². The maximum Gasteiger partial charge on any atom is 0.447 e. The monoisotopic (exact) mass is 303 g/mol. The van der Waals surface area contributed by atoms with Gasteiger partial charge in [-0.05, 0) is 31.8 Å². The van der Waals surface area contributed by atoms with Crippen LogP contribution in [0.2, 0.25) is 19.6 Å². The van der Waals surface area contributed by atoms with Gasteiger partial charge < -0.3 is 9.16 Å². The fourth-order valence-electron chi connectivity index (χ4n) is 1.75. The lowest BCUT2D eigenvalue weighted by Gasteiger charge is -2.39. The molecule has 0 saturated heterocycles. The minimum Gasteiger partial charge on any atom is -0.380 e. The molecule has 1 aromatic rings. The highest BCUT2D eigenvalue weighted by molar-refractivity contribution is 6.69. The maximum absolute atomic E-state index is 13.5. The zero-order chi connectivity index (χ0) is 15.6. The Labute approximate surface area is 117 Å². The van der Waals surface area contributed by atoms with E-state index in [1.165, 1.54) is 24.3 Å². The second-order valence-electron chi connectivity index (χ2n) is 5.22. The molecule has 1 rings (SSSR count). The van der Waals surface area contributed by atoms with E-state index < -0.39 is 20.3 Å². The van der Waals surface area contributed by atoms with Crippen LogP contribution in [0.25, 0.3) is 0 Å². The van der Waals surface area contributed by atoms with Crippen LogP contribution in [0.5, 0.6) is 0 Å². The van der Waals surface area contributed by atoms with E-state index in [2.05, 4.69) is 0 Å². The molecule has 0 bridgehead atoms. The van der Waals surface area contributed by atoms with Gasteiger partial charge in [-0.15, -0.1) is 0 Å². The van der Waals surface area contributed by atoms with Gasteiger partial charge in [-0.1, -0.05) is 12.1 Å². The van der Waals surface area contributed by atoms with E-state index in [9.17, 15) is 13.2 Å². The van der Waals surface area contributed by atoms with Crippen LogP contribution >= 0.6 is 0 Å². The van der Waals surface area contributed by atoms with Crippen LogP contribution in [0.4, 0.5) is 13.2 Å². The number of methoxy groups -OCH3 is 1. The Morgan fingerprint density at radius 1 is 1.10 bits per heavy atom. The largest absolute Gasteiger partial charge is 0.447 e. The average Bonchev–Trinajstić information content (AvgIpc) is 2.33. The first-order valence-electron chi connectivity index (χ1n) is 5.88. The number of hydrogen-bond donors (Lipinski definition) is 0. The van der Waals surface area contributed by atoms with E-state index in [-0.39, 0.29) is 11.1 Å². The van der Waals surface area contributed by atoms with E-state index in [1.807, 2.05) is 6.07 Å². The molecule has 3 nitrogen and oxygen atoms in total. The number of ether oxygens (including phenoxy) is 1. The van der Waals surface area contributed by atoms with E-state index >= 15 is 0 Å². The third kappa shape index (κ3) is 3.39. The minimum absolute atomic E-state index is 0.172. The quantitative estimate of drug-likeness (QED) is 0.628. The zero-order valence-electron chi connectivity index (χ0n) is 11.7. The number of rotatable bonds is 4. The summed E-state index contributed by atoms with van der Waals surface area (Å²) in [5.74, 6) is -2.80. The summed E-state index contributed by atoms with van der Waals surface area (Å²) >= 11 is 0. The summed E-state index contributed by atoms with van der Waals surface area (Å²) in [6.07, 6.45) is -4.73. The van der Waals surface area contributed by atoms with Gasteiger partial charge in [-0.25, -0.2) is 0 Å². The Kier molecular flexibility index (Phi) is 4.64. The van der Waals surface area contributed by atoms with E-state index in [0.29, 0.717) is 0 Å². The lowest BCUT2D eigenvalue weighted by molar-refractivity contribution is -0.358. The lowest BCUT2D eigenvalue weighted by atomic mass is 10.0. The number of nitrogens with zero attached hydrogens (tertiary/aromatic N) is 1. The van der Waals surface area contributed by atoms with E-state index in [0.717, 1.165) is 7.11 Å². The highest BCUT2D eigenvalue weighted by Gasteiger charge is 2.60. The Morgan fingerprint density at radius 3 is 1.90 bits per heavy atom. The van der Waals surface area contributed by atoms with Gasteiger partial charge >= 0.3 is 6.18 Å². The molecule has 1 atom stereocenters. The Hall–Kier alpha value is -1.36. The number of benzene rings is 1. The summed E-state index contributed by atoms with van der Waals surface area (Å²) in [4.78, 5) is 0. The summed E-state index contributed by atoms with van der Waals surface area (Å²) in [7, 11) is -1.57. The normalized spacial score (nSPS) is 15.5. The molecule has 0 aliphatic rings. The molecule has 110 valence electrons. The first-order chi connectivity index (χ1) is 9.05. The predicted octanol–water partition coefficient (Wildman–Crippen LogP) is 3.77. The Balaban J connectivity index is 3.39. The smallest absolute Gasteiger partial charge is 0.380 e. The molecule has 0 aliphatic heterocycles. The van der Waals surface area contributed by atoms with Crippen LogP contribution in [0.15, 0.2) is 24.3 Å². The van der Waals surface area contributed by atoms with Crippen LogP contribution in [0, 0.1) is 11.3 Å². The summed E-state index contributed by atoms with van der Waals surface area (Å²) in [6.45, 7) is 4.95. The van der Waals surface area contributed by atoms with E-state index in [4.69, 9.17) is 14.4 Å². The van der Waals surface area contributed by atoms with Crippen LogP contribution in [0.3, 0.4) is 0 Å². The molecule has 20 heavy (non-hydrogen) atoms. The van der Waals surface area contributed by atoms with E-state index in [1.54, 1.807) is 19.6 Å². The van der Waals surface area contributed by atoms with Crippen molar-refractivity contribution >= 4 is 8.32 Å². The Morgan fingerprint density at radius 2 is 1.60 bits per heavy atom. The van der Waals surface area contributed by atoms with Crippen LogP contribution in [-0.2, 0) is 14.9 Å². The van der Waals surface area contributed by atoms with Crippen molar-refractivity contribution < 1.29 is 22.3 Å². The topological polar surface area (TPSA) is 42.2 Å². The van der Waals surface area contributed by atoms with Gasteiger partial charge in [0, 0.05) is 12.7 Å². The van der Waals surface area contributed by atoms with Gasteiger partial charge in [-0.2, -0.15) is 18.4 Å². The van der Waals surface area contributed by atoms with Crippen molar-refractivity contribution in [2.75, 3.05) is 7.11 Å². The SMILES string of the molecule is COC(O[Si](C)(C)C)(c1ccc(C#N)cc1)C(F)(F)F. The van der Waals surface area contributed by atoms with Crippen molar-refractivity contribution in [3.05, 3.63) is 35.4 Å². The van der Waals surface area contributed by atoms with Gasteiger partial charge in [0.15, 0.2) is 8.32 Å². The molecular weight excluding hydrogens is 287 g/mol. The molecule has 0 heterocycles. The molecule has 1 aromatic carbocycles. The molecule has 0 fully saturated rings. The highest BCUT2D eigenvalue weighted by Crippen LogP contribution is 2.44. The van der Waals surface area contributed by atoms with Crippen LogP contribution in [0.1, 0.15) is 11.1 Å². The van der Waals surface area contributed by atoms with Crippen molar-refractivity contribution in [2.45, 2.75) is 31.6 Å². The molecule has 0 aliphatic carbocycles. The predicted molar refractivity (Wildman–Crippen MR) is 70.3 cm³/mol. The molecule has 0 aromatic heterocycles. The standard InChI is InChI=1S/C13H16F3NO2Si/c1-18-12(13(14,15)16,19-20(2,3)4)11-7-5-10(9-17)6-8-11/h5-8H,1-4H3. The summed E-state index contributed by atoms with van der Waals surface area (Å²) in [6, 6.07) is 6.88. The van der Waals surface area contributed by atoms with Crippen molar-refractivity contribution in [3.8, 4) is 6.07 Å². The molecular formula is C13H16F3NO2Si. The third-order valence-electron chi connectivity index (χ3n) is 2.50. The number of alkyl halides is 3. The average molecular weight is 303 g/mol. The number of hydrogen-bond acceptors (Lipinski definition) is 3. The fourth-order valence-corrected chi connectivity index (χ4v) is 2.93. The third-order valence-corrected chi connectivity index (χ3v) is 3.40. The van der Waals surface area contributed by atoms with Crippen molar-refractivity contribution in [1.29, 1.82) is 5.26 Å². The molecule has 7 heteroatoms.